The van der Waals surface area contributed by atoms with Gasteiger partial charge in [0.1, 0.15) is 0 Å². The Morgan fingerprint density at radius 1 is 1.53 bits per heavy atom. The third-order valence-corrected chi connectivity index (χ3v) is 4.45. The first-order chi connectivity index (χ1) is 7.95. The van der Waals surface area contributed by atoms with Gasteiger partial charge in [-0.1, -0.05) is 37.7 Å². The first-order valence-corrected chi connectivity index (χ1v) is 6.93. The standard InChI is InChI=1S/C11H15ClN2OS2/c1-3-11(4-2,10(13)16)14-9(15)7-5-6-8(12)17-7/h5-6H,3-4H2,1-2H3,(H2,13,16)(H,14,15). The number of carbonyl (C=O) groups is 1. The van der Waals surface area contributed by atoms with Crippen molar-refractivity contribution in [3.63, 3.8) is 0 Å². The molecule has 0 aromatic carbocycles. The van der Waals surface area contributed by atoms with Gasteiger partial charge in [-0.25, -0.2) is 0 Å². The van der Waals surface area contributed by atoms with Crippen molar-refractivity contribution in [2.45, 2.75) is 32.2 Å². The largest absolute Gasteiger partial charge is 0.391 e. The lowest BCUT2D eigenvalue weighted by molar-refractivity contribution is 0.0924. The van der Waals surface area contributed by atoms with E-state index in [0.717, 1.165) is 0 Å². The quantitative estimate of drug-likeness (QED) is 0.820. The number of carbonyl (C=O) groups excluding carboxylic acids is 1. The highest BCUT2D eigenvalue weighted by molar-refractivity contribution is 7.80. The maximum Gasteiger partial charge on any atom is 0.262 e. The van der Waals surface area contributed by atoms with Crippen LogP contribution in [0.5, 0.6) is 0 Å². The summed E-state index contributed by atoms with van der Waals surface area (Å²) in [7, 11) is 0. The molecule has 0 radical (unpaired) electrons. The molecule has 3 N–H and O–H groups in total. The van der Waals surface area contributed by atoms with Crippen molar-refractivity contribution in [2.75, 3.05) is 0 Å². The fraction of sp³-hybridized carbons (Fsp3) is 0.455. The van der Waals surface area contributed by atoms with Crippen molar-refractivity contribution < 1.29 is 4.79 Å². The van der Waals surface area contributed by atoms with Crippen molar-refractivity contribution in [1.29, 1.82) is 0 Å². The zero-order valence-corrected chi connectivity index (χ0v) is 12.1. The van der Waals surface area contributed by atoms with Gasteiger partial charge in [0, 0.05) is 0 Å². The van der Waals surface area contributed by atoms with Crippen LogP contribution in [0.3, 0.4) is 0 Å². The monoisotopic (exact) mass is 290 g/mol. The molecular formula is C11H15ClN2OS2. The van der Waals surface area contributed by atoms with E-state index in [4.69, 9.17) is 29.6 Å². The molecule has 0 bridgehead atoms. The molecule has 0 saturated heterocycles. The normalized spacial score (nSPS) is 11.2. The Balaban J connectivity index is 2.88. The molecule has 0 fully saturated rings. The van der Waals surface area contributed by atoms with Gasteiger partial charge in [-0.15, -0.1) is 11.3 Å². The van der Waals surface area contributed by atoms with E-state index in [1.165, 1.54) is 11.3 Å². The number of nitrogens with one attached hydrogen (secondary N) is 1. The molecule has 3 nitrogen and oxygen atoms in total. The summed E-state index contributed by atoms with van der Waals surface area (Å²) in [5.74, 6) is -0.182. The van der Waals surface area contributed by atoms with E-state index in [9.17, 15) is 4.79 Å². The van der Waals surface area contributed by atoms with Gasteiger partial charge >= 0.3 is 0 Å². The molecule has 0 aliphatic carbocycles. The Kier molecular flexibility index (Phi) is 4.91. The van der Waals surface area contributed by atoms with Crippen LogP contribution in [-0.2, 0) is 0 Å². The van der Waals surface area contributed by atoms with Crippen molar-refractivity contribution in [3.05, 3.63) is 21.3 Å². The smallest absolute Gasteiger partial charge is 0.262 e. The third-order valence-electron chi connectivity index (χ3n) is 2.83. The average molecular weight is 291 g/mol. The van der Waals surface area contributed by atoms with Crippen LogP contribution in [-0.4, -0.2) is 16.4 Å². The average Bonchev–Trinajstić information content (AvgIpc) is 2.72. The summed E-state index contributed by atoms with van der Waals surface area (Å²) in [5, 5.41) is 2.91. The molecule has 1 heterocycles. The second kappa shape index (κ2) is 5.80. The highest BCUT2D eigenvalue weighted by Gasteiger charge is 2.31. The lowest BCUT2D eigenvalue weighted by Crippen LogP contribution is -2.55. The van der Waals surface area contributed by atoms with Gasteiger partial charge in [0.15, 0.2) is 0 Å². The van der Waals surface area contributed by atoms with Gasteiger partial charge in [0.05, 0.1) is 19.7 Å². The van der Waals surface area contributed by atoms with Crippen molar-refractivity contribution in [1.82, 2.24) is 5.32 Å². The molecule has 1 amide bonds. The minimum Gasteiger partial charge on any atom is -0.391 e. The van der Waals surface area contributed by atoms with E-state index in [1.54, 1.807) is 12.1 Å². The molecule has 17 heavy (non-hydrogen) atoms. The number of hydrogen-bond acceptors (Lipinski definition) is 3. The molecule has 0 unspecified atom stereocenters. The highest BCUT2D eigenvalue weighted by Crippen LogP contribution is 2.23. The first kappa shape index (κ1) is 14.4. The Morgan fingerprint density at radius 2 is 2.12 bits per heavy atom. The number of thiocarbonyl (C=S) groups is 1. The van der Waals surface area contributed by atoms with Crippen LogP contribution in [0.15, 0.2) is 12.1 Å². The number of amides is 1. The molecule has 1 aromatic rings. The maximum atomic E-state index is 12.0. The van der Waals surface area contributed by atoms with Gasteiger partial charge in [0.25, 0.3) is 5.91 Å². The number of rotatable bonds is 5. The van der Waals surface area contributed by atoms with Gasteiger partial charge < -0.3 is 11.1 Å². The van der Waals surface area contributed by atoms with E-state index >= 15 is 0 Å². The van der Waals surface area contributed by atoms with Crippen molar-refractivity contribution in [3.8, 4) is 0 Å². The fourth-order valence-corrected chi connectivity index (χ4v) is 2.83. The van der Waals surface area contributed by atoms with Crippen LogP contribution < -0.4 is 11.1 Å². The fourth-order valence-electron chi connectivity index (χ4n) is 1.55. The van der Waals surface area contributed by atoms with E-state index in [-0.39, 0.29) is 5.91 Å². The second-order valence-corrected chi connectivity index (χ2v) is 5.87. The van der Waals surface area contributed by atoms with Crippen LogP contribution in [0, 0.1) is 0 Å². The summed E-state index contributed by atoms with van der Waals surface area (Å²) in [6.07, 6.45) is 1.34. The van der Waals surface area contributed by atoms with E-state index < -0.39 is 5.54 Å². The van der Waals surface area contributed by atoms with Crippen molar-refractivity contribution >= 4 is 46.1 Å². The number of halogens is 1. The molecule has 0 spiro atoms. The van der Waals surface area contributed by atoms with Crippen LogP contribution in [0.25, 0.3) is 0 Å². The first-order valence-electron chi connectivity index (χ1n) is 5.33. The Morgan fingerprint density at radius 3 is 2.47 bits per heavy atom. The van der Waals surface area contributed by atoms with Gasteiger partial charge in [-0.3, -0.25) is 4.79 Å². The Bertz CT molecular complexity index is 427. The van der Waals surface area contributed by atoms with E-state index in [2.05, 4.69) is 5.32 Å². The second-order valence-electron chi connectivity index (χ2n) is 3.71. The topological polar surface area (TPSA) is 55.1 Å². The minimum atomic E-state index is -0.608. The molecule has 0 saturated carbocycles. The molecule has 6 heteroatoms. The Labute approximate surface area is 115 Å². The van der Waals surface area contributed by atoms with E-state index in [1.807, 2.05) is 13.8 Å². The maximum absolute atomic E-state index is 12.0. The lowest BCUT2D eigenvalue weighted by Gasteiger charge is -2.31. The molecule has 0 atom stereocenters. The summed E-state index contributed by atoms with van der Waals surface area (Å²) in [5.41, 5.74) is 5.11. The predicted molar refractivity (Wildman–Crippen MR) is 76.9 cm³/mol. The van der Waals surface area contributed by atoms with Crippen LogP contribution in [0.4, 0.5) is 0 Å². The summed E-state index contributed by atoms with van der Waals surface area (Å²) < 4.78 is 0.587. The predicted octanol–water partition coefficient (Wildman–Crippen LogP) is 2.98. The zero-order valence-electron chi connectivity index (χ0n) is 9.75. The highest BCUT2D eigenvalue weighted by atomic mass is 35.5. The Hall–Kier alpha value is -0.650. The van der Waals surface area contributed by atoms with Crippen LogP contribution in [0.2, 0.25) is 4.34 Å². The molecular weight excluding hydrogens is 276 g/mol. The molecule has 0 aliphatic heterocycles. The number of hydrogen-bond donors (Lipinski definition) is 2. The van der Waals surface area contributed by atoms with Gasteiger partial charge in [-0.05, 0) is 25.0 Å². The SMILES string of the molecule is CCC(CC)(NC(=O)c1ccc(Cl)s1)C(N)=S. The van der Waals surface area contributed by atoms with Crippen LogP contribution in [0.1, 0.15) is 36.4 Å². The molecule has 0 aliphatic rings. The van der Waals surface area contributed by atoms with Crippen LogP contribution >= 0.6 is 35.2 Å². The summed E-state index contributed by atoms with van der Waals surface area (Å²) in [6.45, 7) is 3.90. The van der Waals surface area contributed by atoms with Crippen molar-refractivity contribution in [2.24, 2.45) is 5.73 Å². The summed E-state index contributed by atoms with van der Waals surface area (Å²) >= 11 is 12.1. The van der Waals surface area contributed by atoms with Gasteiger partial charge in [0.2, 0.25) is 0 Å². The summed E-state index contributed by atoms with van der Waals surface area (Å²) in [6, 6.07) is 3.39. The molecule has 1 rings (SSSR count). The number of nitrogens with two attached hydrogens (primary N) is 1. The zero-order chi connectivity index (χ0) is 13.1. The van der Waals surface area contributed by atoms with E-state index in [0.29, 0.717) is 27.0 Å². The third kappa shape index (κ3) is 3.18. The van der Waals surface area contributed by atoms with Gasteiger partial charge in [-0.2, -0.15) is 0 Å². The lowest BCUT2D eigenvalue weighted by atomic mass is 9.92. The molecule has 94 valence electrons. The molecule has 1 aromatic heterocycles. The minimum absolute atomic E-state index is 0.182. The number of thiophene rings is 1. The summed E-state index contributed by atoms with van der Waals surface area (Å²) in [4.78, 5) is 12.9.